The molecule has 34 heavy (non-hydrogen) atoms. The van der Waals surface area contributed by atoms with Gasteiger partial charge in [-0.2, -0.15) is 8.42 Å². The fourth-order valence-electron chi connectivity index (χ4n) is 3.54. The Morgan fingerprint density at radius 2 is 1.59 bits per heavy atom. The molecule has 0 saturated carbocycles. The van der Waals surface area contributed by atoms with Crippen LogP contribution < -0.4 is 0 Å². The van der Waals surface area contributed by atoms with Crippen molar-refractivity contribution in [3.63, 3.8) is 0 Å². The molecule has 3 aromatic carbocycles. The maximum Gasteiger partial charge on any atom is 0.338 e. The first-order valence-corrected chi connectivity index (χ1v) is 11.7. The molecule has 10 heteroatoms. The van der Waals surface area contributed by atoms with Gasteiger partial charge in [0.1, 0.15) is 0 Å². The second-order valence-corrected chi connectivity index (χ2v) is 9.17. The summed E-state index contributed by atoms with van der Waals surface area (Å²) in [6, 6.07) is 21.9. The van der Waals surface area contributed by atoms with Crippen molar-refractivity contribution in [2.75, 3.05) is 6.54 Å². The van der Waals surface area contributed by atoms with Crippen LogP contribution in [0.4, 0.5) is 0 Å². The number of ether oxygens (including phenoxy) is 1. The number of esters is 1. The number of rotatable bonds is 9. The van der Waals surface area contributed by atoms with Crippen molar-refractivity contribution < 1.29 is 27.1 Å². The summed E-state index contributed by atoms with van der Waals surface area (Å²) >= 11 is 0. The molecule has 0 aromatic heterocycles. The van der Waals surface area contributed by atoms with Crippen LogP contribution in [0.25, 0.3) is 0 Å². The zero-order chi connectivity index (χ0) is 24.1. The molecule has 0 saturated heterocycles. The Balaban J connectivity index is 1.52. The first-order chi connectivity index (χ1) is 16.3. The summed E-state index contributed by atoms with van der Waals surface area (Å²) < 4.78 is 35.0. The van der Waals surface area contributed by atoms with E-state index in [1.54, 1.807) is 66.7 Å². The van der Waals surface area contributed by atoms with Gasteiger partial charge in [0.05, 0.1) is 17.4 Å². The maximum atomic E-state index is 12.5. The van der Waals surface area contributed by atoms with Crippen LogP contribution in [0.3, 0.4) is 0 Å². The van der Waals surface area contributed by atoms with Gasteiger partial charge >= 0.3 is 5.97 Å². The van der Waals surface area contributed by atoms with Gasteiger partial charge in [-0.25, -0.2) is 9.79 Å². The predicted molar refractivity (Wildman–Crippen MR) is 122 cm³/mol. The molecule has 0 N–H and O–H groups in total. The van der Waals surface area contributed by atoms with E-state index in [1.807, 2.05) is 6.07 Å². The Hall–Kier alpha value is -3.89. The molecule has 1 aliphatic heterocycles. The third-order valence-corrected chi connectivity index (χ3v) is 6.54. The van der Waals surface area contributed by atoms with Crippen molar-refractivity contribution in [3.8, 4) is 0 Å². The van der Waals surface area contributed by atoms with E-state index in [1.165, 1.54) is 12.1 Å². The molecule has 0 bridgehead atoms. The number of nitrogens with zero attached hydrogens (tertiary/aromatic N) is 2. The highest BCUT2D eigenvalue weighted by molar-refractivity contribution is 7.86. The number of cyclic esters (lactones) is 1. The summed E-state index contributed by atoms with van der Waals surface area (Å²) in [6.45, 7) is -0.733. The van der Waals surface area contributed by atoms with Gasteiger partial charge in [-0.05, 0) is 35.4 Å². The van der Waals surface area contributed by atoms with E-state index in [9.17, 15) is 23.3 Å². The molecule has 3 aromatic rings. The summed E-state index contributed by atoms with van der Waals surface area (Å²) in [5.41, 5.74) is 1.65. The number of carbonyl (C=O) groups is 1. The van der Waals surface area contributed by atoms with Crippen LogP contribution in [0, 0.1) is 10.1 Å². The Labute approximate surface area is 196 Å². The first kappa shape index (κ1) is 23.3. The fourth-order valence-corrected chi connectivity index (χ4v) is 4.46. The molecule has 0 amide bonds. The third-order valence-electron chi connectivity index (χ3n) is 5.26. The number of hydrogen-bond acceptors (Lipinski definition) is 8. The molecule has 1 aliphatic rings. The lowest BCUT2D eigenvalue weighted by atomic mass is 9.91. The van der Waals surface area contributed by atoms with E-state index in [0.29, 0.717) is 16.7 Å². The van der Waals surface area contributed by atoms with Gasteiger partial charge in [-0.1, -0.05) is 60.7 Å². The van der Waals surface area contributed by atoms with Crippen molar-refractivity contribution in [3.05, 3.63) is 112 Å². The van der Waals surface area contributed by atoms with Gasteiger partial charge in [-0.3, -0.25) is 14.3 Å². The third kappa shape index (κ3) is 5.36. The van der Waals surface area contributed by atoms with Crippen LogP contribution in [0.5, 0.6) is 0 Å². The topological polar surface area (TPSA) is 125 Å². The summed E-state index contributed by atoms with van der Waals surface area (Å²) in [5.74, 6) is -1.39. The Kier molecular flexibility index (Phi) is 6.80. The second kappa shape index (κ2) is 9.94. The molecular weight excluding hydrogens is 460 g/mol. The second-order valence-electron chi connectivity index (χ2n) is 7.56. The van der Waals surface area contributed by atoms with Crippen molar-refractivity contribution in [2.45, 2.75) is 23.5 Å². The van der Waals surface area contributed by atoms with Crippen molar-refractivity contribution >= 4 is 22.0 Å². The minimum atomic E-state index is -3.92. The maximum absolute atomic E-state index is 12.5. The van der Waals surface area contributed by atoms with Crippen LogP contribution in [0.1, 0.15) is 22.6 Å². The minimum absolute atomic E-state index is 0.0458. The summed E-state index contributed by atoms with van der Waals surface area (Å²) in [7, 11) is -3.92. The molecule has 9 nitrogen and oxygen atoms in total. The zero-order valence-corrected chi connectivity index (χ0v) is 18.6. The summed E-state index contributed by atoms with van der Waals surface area (Å²) in [4.78, 5) is 27.7. The van der Waals surface area contributed by atoms with E-state index < -0.39 is 39.5 Å². The number of nitro groups is 1. The van der Waals surface area contributed by atoms with Crippen LogP contribution in [0.2, 0.25) is 0 Å². The molecule has 1 heterocycles. The fraction of sp³-hybridized carbons (Fsp3) is 0.167. The van der Waals surface area contributed by atoms with E-state index in [2.05, 4.69) is 4.99 Å². The molecule has 0 spiro atoms. The SMILES string of the molecule is O=C1OC(c2ccccc2)=NC1C(C[N+](=O)[O-])c1ccc(COS(=O)(=O)c2ccccc2)cc1. The Bertz CT molecular complexity index is 1310. The summed E-state index contributed by atoms with van der Waals surface area (Å²) in [6.07, 6.45) is 0. The average Bonchev–Trinajstić information content (AvgIpc) is 3.24. The Morgan fingerprint density at radius 3 is 2.21 bits per heavy atom. The van der Waals surface area contributed by atoms with Crippen LogP contribution >= 0.6 is 0 Å². The lowest BCUT2D eigenvalue weighted by Crippen LogP contribution is -2.29. The van der Waals surface area contributed by atoms with Crippen LogP contribution in [-0.2, 0) is 30.4 Å². The highest BCUT2D eigenvalue weighted by Gasteiger charge is 2.40. The number of carbonyl (C=O) groups excluding carboxylic acids is 1. The van der Waals surface area contributed by atoms with Gasteiger partial charge < -0.3 is 4.74 Å². The lowest BCUT2D eigenvalue weighted by Gasteiger charge is -2.16. The standard InChI is InChI=1S/C24H20N2O7S/c27-24-22(25-23(33-24)19-7-3-1-4-8-19)21(15-26(28)29)18-13-11-17(12-14-18)16-32-34(30,31)20-9-5-2-6-10-20/h1-14,21-22H,15-16H2. The molecular formula is C24H20N2O7S. The van der Waals surface area contributed by atoms with Gasteiger partial charge in [-0.15, -0.1) is 0 Å². The highest BCUT2D eigenvalue weighted by Crippen LogP contribution is 2.28. The average molecular weight is 480 g/mol. The van der Waals surface area contributed by atoms with Gasteiger partial charge in [0, 0.05) is 10.5 Å². The van der Waals surface area contributed by atoms with E-state index >= 15 is 0 Å². The van der Waals surface area contributed by atoms with E-state index in [4.69, 9.17) is 8.92 Å². The van der Waals surface area contributed by atoms with E-state index in [0.717, 1.165) is 0 Å². The number of benzene rings is 3. The first-order valence-electron chi connectivity index (χ1n) is 10.3. The lowest BCUT2D eigenvalue weighted by molar-refractivity contribution is -0.483. The van der Waals surface area contributed by atoms with Crippen molar-refractivity contribution in [1.29, 1.82) is 0 Å². The number of aliphatic imine (C=N–C) groups is 1. The molecule has 0 aliphatic carbocycles. The normalized spacial score (nSPS) is 16.5. The Morgan fingerprint density at radius 1 is 0.971 bits per heavy atom. The molecule has 174 valence electrons. The van der Waals surface area contributed by atoms with E-state index in [-0.39, 0.29) is 17.4 Å². The number of hydrogen-bond donors (Lipinski definition) is 0. The monoisotopic (exact) mass is 480 g/mol. The van der Waals surface area contributed by atoms with Gasteiger partial charge in [0.2, 0.25) is 12.4 Å². The predicted octanol–water partition coefficient (Wildman–Crippen LogP) is 3.32. The summed E-state index contributed by atoms with van der Waals surface area (Å²) in [5, 5.41) is 11.3. The van der Waals surface area contributed by atoms with Crippen molar-refractivity contribution in [2.24, 2.45) is 4.99 Å². The molecule has 4 rings (SSSR count). The smallest absolute Gasteiger partial charge is 0.338 e. The molecule has 0 radical (unpaired) electrons. The van der Waals surface area contributed by atoms with Gasteiger partial charge in [0.15, 0.2) is 6.04 Å². The largest absolute Gasteiger partial charge is 0.406 e. The highest BCUT2D eigenvalue weighted by atomic mass is 32.2. The van der Waals surface area contributed by atoms with Crippen LogP contribution in [0.15, 0.2) is 94.8 Å². The minimum Gasteiger partial charge on any atom is -0.406 e. The molecule has 2 atom stereocenters. The van der Waals surface area contributed by atoms with Crippen molar-refractivity contribution in [1.82, 2.24) is 0 Å². The zero-order valence-electron chi connectivity index (χ0n) is 17.8. The van der Waals surface area contributed by atoms with Gasteiger partial charge in [0.25, 0.3) is 10.1 Å². The molecule has 0 fully saturated rings. The molecule has 2 unspecified atom stereocenters. The van der Waals surface area contributed by atoms with Crippen LogP contribution in [-0.4, -0.2) is 37.8 Å². The quantitative estimate of drug-likeness (QED) is 0.199.